The number of imide groups is 1. The number of likely N-dealkylation sites (tertiary alicyclic amines) is 1. The standard InChI is InChI=1S/C23H21N3O3S/c27-20-12-15-6-1-2-8-17(15)23(29)26(20)14-21(28)25-11-5-7-16(13-25)22-24-18-9-3-4-10-19(18)30-22/h1-4,6,8-10,16H,5,7,11-14H2/t16-/m0/s1. The van der Waals surface area contributed by atoms with Gasteiger partial charge in [-0.3, -0.25) is 19.3 Å². The molecule has 1 saturated heterocycles. The quantitative estimate of drug-likeness (QED) is 0.611. The number of benzene rings is 2. The monoisotopic (exact) mass is 419 g/mol. The summed E-state index contributed by atoms with van der Waals surface area (Å²) in [5.41, 5.74) is 2.23. The lowest BCUT2D eigenvalue weighted by Gasteiger charge is -2.34. The zero-order chi connectivity index (χ0) is 20.7. The van der Waals surface area contributed by atoms with Crippen molar-refractivity contribution in [1.82, 2.24) is 14.8 Å². The molecule has 30 heavy (non-hydrogen) atoms. The third-order valence-corrected chi connectivity index (χ3v) is 7.06. The summed E-state index contributed by atoms with van der Waals surface area (Å²) >= 11 is 1.68. The van der Waals surface area contributed by atoms with Gasteiger partial charge in [-0.05, 0) is 36.6 Å². The van der Waals surface area contributed by atoms with Gasteiger partial charge in [0.05, 0.1) is 21.6 Å². The van der Waals surface area contributed by atoms with Gasteiger partial charge in [-0.25, -0.2) is 4.98 Å². The fourth-order valence-corrected chi connectivity index (χ4v) is 5.36. The second-order valence-corrected chi connectivity index (χ2v) is 8.88. The zero-order valence-electron chi connectivity index (χ0n) is 16.4. The molecule has 3 aromatic rings. The number of rotatable bonds is 3. The highest BCUT2D eigenvalue weighted by atomic mass is 32.1. The molecule has 2 aromatic carbocycles. The van der Waals surface area contributed by atoms with E-state index in [4.69, 9.17) is 4.98 Å². The summed E-state index contributed by atoms with van der Waals surface area (Å²) in [6.45, 7) is 1.02. The fraction of sp³-hybridized carbons (Fsp3) is 0.304. The predicted molar refractivity (Wildman–Crippen MR) is 114 cm³/mol. The van der Waals surface area contributed by atoms with E-state index in [2.05, 4.69) is 6.07 Å². The van der Waals surface area contributed by atoms with Crippen LogP contribution >= 0.6 is 11.3 Å². The number of thiazole rings is 1. The molecular weight excluding hydrogens is 398 g/mol. The molecule has 0 saturated carbocycles. The van der Waals surface area contributed by atoms with Crippen molar-refractivity contribution < 1.29 is 14.4 Å². The molecule has 1 fully saturated rings. The maximum absolute atomic E-state index is 13.0. The number of hydrogen-bond donors (Lipinski definition) is 0. The van der Waals surface area contributed by atoms with Gasteiger partial charge in [0.2, 0.25) is 11.8 Å². The van der Waals surface area contributed by atoms with E-state index < -0.39 is 0 Å². The molecule has 1 aromatic heterocycles. The van der Waals surface area contributed by atoms with Crippen LogP contribution in [0.4, 0.5) is 0 Å². The summed E-state index contributed by atoms with van der Waals surface area (Å²) in [5.74, 6) is -0.683. The number of piperidine rings is 1. The van der Waals surface area contributed by atoms with Gasteiger partial charge in [-0.2, -0.15) is 0 Å². The van der Waals surface area contributed by atoms with Crippen LogP contribution in [0.25, 0.3) is 10.2 Å². The maximum Gasteiger partial charge on any atom is 0.261 e. The van der Waals surface area contributed by atoms with Crippen LogP contribution in [0.5, 0.6) is 0 Å². The minimum Gasteiger partial charge on any atom is -0.340 e. The van der Waals surface area contributed by atoms with Gasteiger partial charge in [0.15, 0.2) is 0 Å². The Balaban J connectivity index is 1.30. The molecular formula is C23H21N3O3S. The van der Waals surface area contributed by atoms with Gasteiger partial charge in [-0.15, -0.1) is 11.3 Å². The molecule has 7 heteroatoms. The lowest BCUT2D eigenvalue weighted by molar-refractivity contribution is -0.139. The van der Waals surface area contributed by atoms with Crippen molar-refractivity contribution in [2.24, 2.45) is 0 Å². The minimum atomic E-state index is -0.380. The first-order valence-corrected chi connectivity index (χ1v) is 11.0. The lowest BCUT2D eigenvalue weighted by atomic mass is 9.97. The third kappa shape index (κ3) is 3.39. The number of hydrogen-bond acceptors (Lipinski definition) is 5. The Bertz CT molecular complexity index is 1120. The molecule has 5 rings (SSSR count). The smallest absolute Gasteiger partial charge is 0.261 e. The molecule has 0 N–H and O–H groups in total. The Morgan fingerprint density at radius 3 is 2.77 bits per heavy atom. The zero-order valence-corrected chi connectivity index (χ0v) is 17.2. The molecule has 2 aliphatic heterocycles. The topological polar surface area (TPSA) is 70.6 Å². The lowest BCUT2D eigenvalue weighted by Crippen LogP contribution is -2.50. The molecule has 6 nitrogen and oxygen atoms in total. The average molecular weight is 420 g/mol. The molecule has 2 aliphatic rings. The Hall–Kier alpha value is -3.06. The number of aromatic nitrogens is 1. The number of carbonyl (C=O) groups is 3. The van der Waals surface area contributed by atoms with E-state index in [-0.39, 0.29) is 36.6 Å². The summed E-state index contributed by atoms with van der Waals surface area (Å²) in [6.07, 6.45) is 2.03. The van der Waals surface area contributed by atoms with Crippen LogP contribution < -0.4 is 0 Å². The summed E-state index contributed by atoms with van der Waals surface area (Å²) < 4.78 is 1.15. The van der Waals surface area contributed by atoms with Crippen LogP contribution in [-0.2, 0) is 16.0 Å². The van der Waals surface area contributed by atoms with E-state index in [0.29, 0.717) is 18.7 Å². The van der Waals surface area contributed by atoms with Crippen LogP contribution in [0.3, 0.4) is 0 Å². The van der Waals surface area contributed by atoms with E-state index in [0.717, 1.165) is 38.5 Å². The normalized spacial score (nSPS) is 19.3. The fourth-order valence-electron chi connectivity index (χ4n) is 4.27. The molecule has 3 heterocycles. The number of nitrogens with zero attached hydrogens (tertiary/aromatic N) is 3. The first-order valence-electron chi connectivity index (χ1n) is 10.2. The van der Waals surface area contributed by atoms with Gasteiger partial charge in [0.1, 0.15) is 6.54 Å². The predicted octanol–water partition coefficient (Wildman–Crippen LogP) is 3.23. The molecule has 1 atom stereocenters. The molecule has 152 valence electrons. The highest BCUT2D eigenvalue weighted by Gasteiger charge is 2.34. The Labute approximate surface area is 178 Å². The van der Waals surface area contributed by atoms with Crippen molar-refractivity contribution in [3.05, 3.63) is 64.7 Å². The van der Waals surface area contributed by atoms with E-state index in [1.807, 2.05) is 24.3 Å². The molecule has 0 radical (unpaired) electrons. The molecule has 0 aliphatic carbocycles. The number of fused-ring (bicyclic) bond motifs is 2. The van der Waals surface area contributed by atoms with E-state index in [9.17, 15) is 14.4 Å². The molecule has 0 unspecified atom stereocenters. The highest BCUT2D eigenvalue weighted by Crippen LogP contribution is 2.33. The van der Waals surface area contributed by atoms with Gasteiger partial charge >= 0.3 is 0 Å². The highest BCUT2D eigenvalue weighted by molar-refractivity contribution is 7.18. The third-order valence-electron chi connectivity index (χ3n) is 5.86. The van der Waals surface area contributed by atoms with E-state index in [1.165, 1.54) is 0 Å². The van der Waals surface area contributed by atoms with Crippen LogP contribution in [0, 0.1) is 0 Å². The Morgan fingerprint density at radius 1 is 1.10 bits per heavy atom. The van der Waals surface area contributed by atoms with E-state index in [1.54, 1.807) is 34.4 Å². The van der Waals surface area contributed by atoms with Crippen molar-refractivity contribution in [3.8, 4) is 0 Å². The largest absolute Gasteiger partial charge is 0.340 e. The SMILES string of the molecule is O=C(CN1C(=O)Cc2ccccc2C1=O)N1CCC[C@H](c2nc3ccccc3s2)C1. The molecule has 0 spiro atoms. The molecule has 0 bridgehead atoms. The Morgan fingerprint density at radius 2 is 1.90 bits per heavy atom. The number of amides is 3. The van der Waals surface area contributed by atoms with Crippen molar-refractivity contribution >= 4 is 39.3 Å². The first kappa shape index (κ1) is 18.9. The summed E-state index contributed by atoms with van der Waals surface area (Å²) in [7, 11) is 0. The number of para-hydroxylation sites is 1. The van der Waals surface area contributed by atoms with Crippen molar-refractivity contribution in [2.75, 3.05) is 19.6 Å². The van der Waals surface area contributed by atoms with Crippen molar-refractivity contribution in [3.63, 3.8) is 0 Å². The summed E-state index contributed by atoms with van der Waals surface area (Å²) in [4.78, 5) is 45.9. The number of carbonyl (C=O) groups excluding carboxylic acids is 3. The van der Waals surface area contributed by atoms with Gasteiger partial charge in [-0.1, -0.05) is 30.3 Å². The minimum absolute atomic E-state index is 0.156. The second kappa shape index (κ2) is 7.65. The van der Waals surface area contributed by atoms with Crippen LogP contribution in [0.1, 0.15) is 39.7 Å². The van der Waals surface area contributed by atoms with Crippen LogP contribution in [0.15, 0.2) is 48.5 Å². The molecule has 3 amide bonds. The summed E-state index contributed by atoms with van der Waals surface area (Å²) in [5, 5.41) is 1.05. The Kier molecular flexibility index (Phi) is 4.83. The van der Waals surface area contributed by atoms with Crippen molar-refractivity contribution in [1.29, 1.82) is 0 Å². The van der Waals surface area contributed by atoms with E-state index >= 15 is 0 Å². The van der Waals surface area contributed by atoms with Gasteiger partial charge in [0.25, 0.3) is 5.91 Å². The van der Waals surface area contributed by atoms with Crippen LogP contribution in [0.2, 0.25) is 0 Å². The van der Waals surface area contributed by atoms with Gasteiger partial charge < -0.3 is 4.90 Å². The van der Waals surface area contributed by atoms with Gasteiger partial charge in [0, 0.05) is 24.6 Å². The summed E-state index contributed by atoms with van der Waals surface area (Å²) in [6, 6.07) is 15.2. The van der Waals surface area contributed by atoms with Crippen molar-refractivity contribution in [2.45, 2.75) is 25.2 Å². The maximum atomic E-state index is 13.0. The van der Waals surface area contributed by atoms with Crippen LogP contribution in [-0.4, -0.2) is 52.1 Å². The first-order chi connectivity index (χ1) is 14.6. The second-order valence-electron chi connectivity index (χ2n) is 7.82. The average Bonchev–Trinajstić information content (AvgIpc) is 3.21.